The van der Waals surface area contributed by atoms with Gasteiger partial charge in [-0.1, -0.05) is 25.1 Å². The van der Waals surface area contributed by atoms with Crippen molar-refractivity contribution in [3.8, 4) is 34.4 Å². The summed E-state index contributed by atoms with van der Waals surface area (Å²) in [4.78, 5) is 31.2. The minimum absolute atomic E-state index is 0.0825. The number of ether oxygens (including phenoxy) is 5. The van der Waals surface area contributed by atoms with Gasteiger partial charge in [0.15, 0.2) is 28.6 Å². The van der Waals surface area contributed by atoms with Crippen LogP contribution in [0.5, 0.6) is 23.0 Å². The average molecular weight is 553 g/mol. The molecule has 206 valence electrons. The molecule has 41 heavy (non-hydrogen) atoms. The highest BCUT2D eigenvalue weighted by molar-refractivity contribution is 5.91. The Morgan fingerprint density at radius 2 is 1.71 bits per heavy atom. The minimum Gasteiger partial charge on any atom is -0.458 e. The van der Waals surface area contributed by atoms with Gasteiger partial charge in [0.1, 0.15) is 6.61 Å². The molecule has 4 aliphatic rings. The molecule has 2 aromatic carbocycles. The van der Waals surface area contributed by atoms with Crippen LogP contribution in [0, 0.1) is 0 Å². The first-order valence-corrected chi connectivity index (χ1v) is 13.4. The van der Waals surface area contributed by atoms with E-state index in [2.05, 4.69) is 6.08 Å². The number of allylic oxidation sites excluding steroid dienone is 1. The van der Waals surface area contributed by atoms with Crippen LogP contribution in [0.4, 0.5) is 0 Å². The molecular weight excluding hydrogens is 528 g/mol. The average Bonchev–Trinajstić information content (AvgIpc) is 3.72. The maximum absolute atomic E-state index is 13.7. The molecule has 6 heterocycles. The lowest BCUT2D eigenvalue weighted by molar-refractivity contribution is -0.172. The Balaban J connectivity index is 1.28. The van der Waals surface area contributed by atoms with E-state index in [1.807, 2.05) is 36.4 Å². The predicted molar refractivity (Wildman–Crippen MR) is 146 cm³/mol. The first-order valence-electron chi connectivity index (χ1n) is 13.4. The summed E-state index contributed by atoms with van der Waals surface area (Å²) >= 11 is 0. The van der Waals surface area contributed by atoms with Crippen LogP contribution in [0.25, 0.3) is 28.4 Å². The fourth-order valence-electron chi connectivity index (χ4n) is 6.11. The molecule has 0 saturated carbocycles. The van der Waals surface area contributed by atoms with Gasteiger partial charge < -0.3 is 33.4 Å². The molecule has 4 aromatic rings. The molecule has 8 rings (SSSR count). The number of pyridine rings is 2. The molecule has 0 fully saturated rings. The van der Waals surface area contributed by atoms with Crippen LogP contribution in [-0.4, -0.2) is 34.2 Å². The summed E-state index contributed by atoms with van der Waals surface area (Å²) < 4.78 is 29.1. The largest absolute Gasteiger partial charge is 0.458 e. The van der Waals surface area contributed by atoms with E-state index in [9.17, 15) is 14.7 Å². The highest BCUT2D eigenvalue weighted by Gasteiger charge is 2.45. The number of carbonyl (C=O) groups is 1. The fraction of sp³-hybridized carbons (Fsp3) is 0.258. The van der Waals surface area contributed by atoms with Crippen molar-refractivity contribution in [2.75, 3.05) is 13.6 Å². The zero-order valence-corrected chi connectivity index (χ0v) is 22.1. The zero-order valence-electron chi connectivity index (χ0n) is 22.1. The first-order chi connectivity index (χ1) is 19.9. The second-order valence-corrected chi connectivity index (χ2v) is 10.5. The van der Waals surface area contributed by atoms with Crippen LogP contribution >= 0.6 is 0 Å². The van der Waals surface area contributed by atoms with E-state index in [-0.39, 0.29) is 37.7 Å². The van der Waals surface area contributed by atoms with Gasteiger partial charge in [-0.25, -0.2) is 9.78 Å². The Morgan fingerprint density at radius 3 is 2.51 bits per heavy atom. The fourth-order valence-corrected chi connectivity index (χ4v) is 6.11. The number of cyclic esters (lactones) is 1. The van der Waals surface area contributed by atoms with Crippen LogP contribution in [0.3, 0.4) is 0 Å². The number of aromatic nitrogens is 2. The normalized spacial score (nSPS) is 19.4. The number of esters is 1. The molecule has 0 unspecified atom stereocenters. The van der Waals surface area contributed by atoms with Crippen molar-refractivity contribution in [1.82, 2.24) is 9.55 Å². The summed E-state index contributed by atoms with van der Waals surface area (Å²) in [6.07, 6.45) is 4.72. The molecule has 1 N–H and O–H groups in total. The molecular formula is C31H24N2O8. The molecule has 0 bridgehead atoms. The van der Waals surface area contributed by atoms with Gasteiger partial charge in [0, 0.05) is 22.6 Å². The second kappa shape index (κ2) is 8.58. The van der Waals surface area contributed by atoms with Crippen LogP contribution in [0.2, 0.25) is 0 Å². The standard InChI is InChI=1S/C31H24N2O8/c1-2-31(36)21-10-23-28-19(12-33(23)29(34)20(21)13-37-30(31)35)17(18-9-26-27(41-15-40-26)11-22(18)32-28)5-3-4-16-6-7-24-25(8-16)39-14-38-24/h3-4,6-11,36H,2,5,12-15H2,1H3/b4-3+/t31-/m0/s1. The van der Waals surface area contributed by atoms with Gasteiger partial charge in [0.05, 0.1) is 29.0 Å². The first kappa shape index (κ1) is 24.0. The summed E-state index contributed by atoms with van der Waals surface area (Å²) in [6, 6.07) is 11.3. The molecule has 4 aliphatic heterocycles. The summed E-state index contributed by atoms with van der Waals surface area (Å²) in [5.41, 5.74) is 3.17. The maximum atomic E-state index is 13.7. The lowest BCUT2D eigenvalue weighted by Crippen LogP contribution is -2.44. The predicted octanol–water partition coefficient (Wildman–Crippen LogP) is 3.79. The molecule has 10 heteroatoms. The topological polar surface area (TPSA) is 118 Å². The maximum Gasteiger partial charge on any atom is 0.343 e. The second-order valence-electron chi connectivity index (χ2n) is 10.5. The highest BCUT2D eigenvalue weighted by Crippen LogP contribution is 2.43. The van der Waals surface area contributed by atoms with E-state index in [1.54, 1.807) is 17.6 Å². The summed E-state index contributed by atoms with van der Waals surface area (Å²) in [5, 5.41) is 12.1. The number of hydrogen-bond donors (Lipinski definition) is 1. The Morgan fingerprint density at radius 1 is 0.951 bits per heavy atom. The number of fused-ring (bicyclic) bond motifs is 7. The van der Waals surface area contributed by atoms with E-state index < -0.39 is 11.6 Å². The van der Waals surface area contributed by atoms with E-state index in [1.165, 1.54) is 0 Å². The van der Waals surface area contributed by atoms with Crippen LogP contribution in [-0.2, 0) is 34.7 Å². The Hall–Kier alpha value is -4.83. The van der Waals surface area contributed by atoms with Crippen LogP contribution in [0.15, 0.2) is 47.3 Å². The number of benzene rings is 2. The van der Waals surface area contributed by atoms with Crippen molar-refractivity contribution in [3.05, 3.63) is 80.6 Å². The van der Waals surface area contributed by atoms with Gasteiger partial charge in [-0.3, -0.25) is 4.79 Å². The van der Waals surface area contributed by atoms with Crippen molar-refractivity contribution in [3.63, 3.8) is 0 Å². The third kappa shape index (κ3) is 3.43. The van der Waals surface area contributed by atoms with E-state index >= 15 is 0 Å². The zero-order chi connectivity index (χ0) is 27.9. The van der Waals surface area contributed by atoms with E-state index in [4.69, 9.17) is 28.7 Å². The number of nitrogens with zero attached hydrogens (tertiary/aromatic N) is 2. The SMILES string of the molecule is CC[C@@]1(O)C(=O)OCc2c1cc1n(c2=O)Cc2c-1nc1cc3c(cc1c2C/C=C/c1ccc2c(c1)OCO2)OCO3. The molecule has 1 atom stereocenters. The van der Waals surface area contributed by atoms with Gasteiger partial charge in [0.2, 0.25) is 13.6 Å². The van der Waals surface area contributed by atoms with E-state index in [0.29, 0.717) is 52.7 Å². The smallest absolute Gasteiger partial charge is 0.343 e. The minimum atomic E-state index is -1.88. The Labute approximate surface area is 233 Å². The number of hydrogen-bond acceptors (Lipinski definition) is 9. The summed E-state index contributed by atoms with van der Waals surface area (Å²) in [6.45, 7) is 2.18. The van der Waals surface area contributed by atoms with Gasteiger partial charge in [0.25, 0.3) is 5.56 Å². The molecule has 0 amide bonds. The van der Waals surface area contributed by atoms with Crippen molar-refractivity contribution < 1.29 is 33.6 Å². The van der Waals surface area contributed by atoms with Crippen LogP contribution in [0.1, 0.15) is 41.2 Å². The quantitative estimate of drug-likeness (QED) is 0.332. The van der Waals surface area contributed by atoms with Crippen molar-refractivity contribution in [1.29, 1.82) is 0 Å². The number of carbonyl (C=O) groups excluding carboxylic acids is 1. The lowest BCUT2D eigenvalue weighted by Gasteiger charge is -2.31. The monoisotopic (exact) mass is 552 g/mol. The number of aliphatic hydroxyl groups is 1. The van der Waals surface area contributed by atoms with Crippen LogP contribution < -0.4 is 24.5 Å². The Bertz CT molecular complexity index is 1910. The molecule has 0 saturated heterocycles. The highest BCUT2D eigenvalue weighted by atomic mass is 16.7. The summed E-state index contributed by atoms with van der Waals surface area (Å²) in [7, 11) is 0. The molecule has 0 aliphatic carbocycles. The molecule has 10 nitrogen and oxygen atoms in total. The van der Waals surface area contributed by atoms with Gasteiger partial charge in [-0.2, -0.15) is 0 Å². The van der Waals surface area contributed by atoms with Crippen molar-refractivity contribution >= 4 is 22.9 Å². The lowest BCUT2D eigenvalue weighted by atomic mass is 9.86. The summed E-state index contributed by atoms with van der Waals surface area (Å²) in [5.74, 6) is 1.94. The number of rotatable bonds is 4. The Kier molecular flexibility index (Phi) is 5.03. The van der Waals surface area contributed by atoms with Gasteiger partial charge >= 0.3 is 5.97 Å². The third-order valence-electron chi connectivity index (χ3n) is 8.33. The van der Waals surface area contributed by atoms with Gasteiger partial charge in [-0.05, 0) is 48.2 Å². The molecule has 2 aromatic heterocycles. The van der Waals surface area contributed by atoms with Gasteiger partial charge in [-0.15, -0.1) is 0 Å². The third-order valence-corrected chi connectivity index (χ3v) is 8.33. The van der Waals surface area contributed by atoms with Crippen molar-refractivity contribution in [2.45, 2.75) is 38.5 Å². The molecule has 0 radical (unpaired) electrons. The molecule has 0 spiro atoms. The van der Waals surface area contributed by atoms with E-state index in [0.717, 1.165) is 27.8 Å². The van der Waals surface area contributed by atoms with Crippen molar-refractivity contribution in [2.24, 2.45) is 0 Å².